The molecule has 0 aromatic carbocycles. The number of rotatable bonds is 11. The first-order chi connectivity index (χ1) is 16.7. The van der Waals surface area contributed by atoms with Crippen molar-refractivity contribution in [1.82, 2.24) is 24.8 Å². The van der Waals surface area contributed by atoms with Gasteiger partial charge in [0.1, 0.15) is 18.3 Å². The number of aromatic nitrogens is 5. The molecule has 4 rings (SSSR count). The summed E-state index contributed by atoms with van der Waals surface area (Å²) in [5.41, 5.74) is -0.938. The summed E-state index contributed by atoms with van der Waals surface area (Å²) in [7, 11) is -4.19. The van der Waals surface area contributed by atoms with Gasteiger partial charge in [0.05, 0.1) is 25.9 Å². The molecule has 35 heavy (non-hydrogen) atoms. The minimum atomic E-state index is -4.19. The second-order valence-electron chi connectivity index (χ2n) is 8.05. The number of hydrogen-bond donors (Lipinski definition) is 5. The third-order valence-corrected chi connectivity index (χ3v) is 7.85. The summed E-state index contributed by atoms with van der Waals surface area (Å²) in [5, 5.41) is 54.0. The minimum Gasteiger partial charge on any atom is -0.479 e. The maximum Gasteiger partial charge on any atom is 0.364 e. The Bertz CT molecular complexity index is 1190. The molecular weight excluding hydrogens is 491 g/mol. The molecule has 17 heteroatoms. The van der Waals surface area contributed by atoms with E-state index in [-0.39, 0.29) is 36.1 Å². The van der Waals surface area contributed by atoms with Gasteiger partial charge >= 0.3 is 13.6 Å². The van der Waals surface area contributed by atoms with Crippen LogP contribution in [0.25, 0.3) is 11.0 Å². The highest BCUT2D eigenvalue weighted by Gasteiger charge is 2.46. The summed E-state index contributed by atoms with van der Waals surface area (Å²) in [5.74, 6) is -3.55. The van der Waals surface area contributed by atoms with E-state index in [2.05, 4.69) is 20.7 Å². The molecule has 5 N–H and O–H groups in total. The van der Waals surface area contributed by atoms with Crippen molar-refractivity contribution in [3.05, 3.63) is 10.4 Å². The molecule has 1 saturated heterocycles. The molecule has 0 bridgehead atoms. The maximum absolute atomic E-state index is 13.4. The van der Waals surface area contributed by atoms with Gasteiger partial charge in [-0.15, -0.1) is 5.10 Å². The van der Waals surface area contributed by atoms with E-state index in [9.17, 15) is 34.6 Å². The van der Waals surface area contributed by atoms with Crippen molar-refractivity contribution in [3.63, 3.8) is 0 Å². The molecule has 16 nitrogen and oxygen atoms in total. The lowest BCUT2D eigenvalue weighted by Gasteiger charge is -2.23. The Hall–Kier alpha value is -2.46. The van der Waals surface area contributed by atoms with E-state index in [1.165, 1.54) is 18.5 Å². The van der Waals surface area contributed by atoms with Crippen molar-refractivity contribution in [2.45, 2.75) is 63.1 Å². The van der Waals surface area contributed by atoms with E-state index >= 15 is 0 Å². The van der Waals surface area contributed by atoms with Crippen LogP contribution in [0.1, 0.15) is 39.0 Å². The first kappa shape index (κ1) is 25.6. The molecule has 3 heterocycles. The fourth-order valence-electron chi connectivity index (χ4n) is 3.84. The van der Waals surface area contributed by atoms with E-state index in [0.29, 0.717) is 12.8 Å². The number of anilines is 1. The van der Waals surface area contributed by atoms with Gasteiger partial charge in [0, 0.05) is 0 Å². The molecule has 5 atom stereocenters. The minimum absolute atomic E-state index is 0.0606. The average Bonchev–Trinajstić information content (AvgIpc) is 3.53. The number of aliphatic hydroxyl groups excluding tert-OH is 3. The number of fused-ring (bicyclic) bond motifs is 1. The normalized spacial score (nSPS) is 25.7. The third-order valence-electron chi connectivity index (χ3n) is 5.63. The summed E-state index contributed by atoms with van der Waals surface area (Å²) < 4.78 is 31.0. The summed E-state index contributed by atoms with van der Waals surface area (Å²) in [6.45, 7) is 2.33. The van der Waals surface area contributed by atoms with Crippen molar-refractivity contribution in [2.24, 2.45) is 0 Å². The zero-order chi connectivity index (χ0) is 25.5. The average molecular weight is 518 g/mol. The lowest BCUT2D eigenvalue weighted by Crippen LogP contribution is -2.37. The van der Waals surface area contributed by atoms with Crippen LogP contribution in [0.2, 0.25) is 0 Å². The molecule has 5 unspecified atom stereocenters. The fraction of sp³-hybridized carbons (Fsp3) is 0.722. The number of aliphatic hydroxyl groups is 3. The zero-order valence-corrected chi connectivity index (χ0v) is 19.8. The quantitative estimate of drug-likeness (QED) is 0.226. The molecule has 0 spiro atoms. The van der Waals surface area contributed by atoms with Crippen LogP contribution in [0.15, 0.2) is 4.79 Å². The van der Waals surface area contributed by atoms with Crippen molar-refractivity contribution in [2.75, 3.05) is 25.1 Å². The lowest BCUT2D eigenvalue weighted by atomic mass is 10.1. The standard InChI is InChI=1S/C18H27N6O10P/c1-3-32-35(31,33-4-2)15(18(29)30)19-14-10-11(23(21-14)8-5-6-8)16(28)24(22-20-10)17-13(27)12(26)9(7-25)34-17/h8-9,12-13,15,17,25-27H,3-7H2,1-2H3,(H,19,21)(H,29,30). The van der Waals surface area contributed by atoms with E-state index in [0.717, 1.165) is 4.68 Å². The highest BCUT2D eigenvalue weighted by molar-refractivity contribution is 7.55. The van der Waals surface area contributed by atoms with E-state index in [4.69, 9.17) is 13.8 Å². The molecule has 2 aromatic heterocycles. The number of hydrogen-bond acceptors (Lipinski definition) is 13. The third kappa shape index (κ3) is 4.58. The van der Waals surface area contributed by atoms with Gasteiger partial charge in [0.25, 0.3) is 5.56 Å². The van der Waals surface area contributed by atoms with Gasteiger partial charge in [-0.2, -0.15) is 9.78 Å². The monoisotopic (exact) mass is 518 g/mol. The Balaban J connectivity index is 1.78. The first-order valence-electron chi connectivity index (χ1n) is 11.0. The molecule has 1 aliphatic heterocycles. The molecule has 0 radical (unpaired) electrons. The summed E-state index contributed by atoms with van der Waals surface area (Å²) >= 11 is 0. The molecular formula is C18H27N6O10P. The van der Waals surface area contributed by atoms with E-state index in [1.807, 2.05) is 0 Å². The van der Waals surface area contributed by atoms with Gasteiger partial charge in [0.15, 0.2) is 23.1 Å². The molecule has 0 amide bonds. The van der Waals surface area contributed by atoms with Crippen molar-refractivity contribution < 1.29 is 43.6 Å². The number of carboxylic acid groups (broad SMARTS) is 1. The number of carbonyl (C=O) groups is 1. The van der Waals surface area contributed by atoms with Gasteiger partial charge in [-0.3, -0.25) is 14.0 Å². The van der Waals surface area contributed by atoms with Crippen molar-refractivity contribution in [1.29, 1.82) is 0 Å². The van der Waals surface area contributed by atoms with Crippen LogP contribution in [-0.4, -0.2) is 95.1 Å². The highest BCUT2D eigenvalue weighted by atomic mass is 31.2. The fourth-order valence-corrected chi connectivity index (χ4v) is 5.49. The molecule has 1 saturated carbocycles. The van der Waals surface area contributed by atoms with Gasteiger partial charge in [-0.1, -0.05) is 5.21 Å². The topological polar surface area (TPSA) is 220 Å². The Kier molecular flexibility index (Phi) is 7.24. The Morgan fingerprint density at radius 1 is 1.23 bits per heavy atom. The predicted octanol–water partition coefficient (Wildman–Crippen LogP) is -0.977. The smallest absolute Gasteiger partial charge is 0.364 e. The second-order valence-corrected chi connectivity index (χ2v) is 10.2. The zero-order valence-electron chi connectivity index (χ0n) is 18.9. The number of carboxylic acids is 1. The SMILES string of the molecule is CCOP(=O)(OCC)C(Nc1nn(C2CC2)c2c(=O)n(C3OC(CO)C(O)C3O)nnc12)C(=O)O. The van der Waals surface area contributed by atoms with Gasteiger partial charge in [-0.05, 0) is 26.7 Å². The van der Waals surface area contributed by atoms with Crippen molar-refractivity contribution >= 4 is 30.4 Å². The van der Waals surface area contributed by atoms with E-state index < -0.39 is 56.1 Å². The molecule has 1 aliphatic carbocycles. The van der Waals surface area contributed by atoms with E-state index in [1.54, 1.807) is 0 Å². The largest absolute Gasteiger partial charge is 0.479 e. The van der Waals surface area contributed by atoms with Gasteiger partial charge in [-0.25, -0.2) is 4.79 Å². The highest BCUT2D eigenvalue weighted by Crippen LogP contribution is 2.53. The van der Waals surface area contributed by atoms with Crippen molar-refractivity contribution in [3.8, 4) is 0 Å². The van der Waals surface area contributed by atoms with Crippen LogP contribution >= 0.6 is 7.60 Å². The van der Waals surface area contributed by atoms with Crippen LogP contribution in [0.5, 0.6) is 0 Å². The number of nitrogens with one attached hydrogen (secondary N) is 1. The van der Waals surface area contributed by atoms with Crippen LogP contribution in [0.3, 0.4) is 0 Å². The molecule has 2 fully saturated rings. The van der Waals surface area contributed by atoms with Gasteiger partial charge in [0.2, 0.25) is 5.78 Å². The lowest BCUT2D eigenvalue weighted by molar-refractivity contribution is -0.136. The van der Waals surface area contributed by atoms with Crippen LogP contribution in [-0.2, 0) is 23.1 Å². The van der Waals surface area contributed by atoms with Crippen LogP contribution in [0.4, 0.5) is 5.82 Å². The summed E-state index contributed by atoms with van der Waals surface area (Å²) in [4.78, 5) is 25.4. The number of nitrogens with zero attached hydrogens (tertiary/aromatic N) is 5. The van der Waals surface area contributed by atoms with Crippen LogP contribution in [0, 0.1) is 0 Å². The molecule has 2 aromatic rings. The summed E-state index contributed by atoms with van der Waals surface area (Å²) in [6.07, 6.45) is -4.18. The Labute approximate surface area is 197 Å². The first-order valence-corrected chi connectivity index (χ1v) is 12.7. The number of aliphatic carboxylic acids is 1. The predicted molar refractivity (Wildman–Crippen MR) is 117 cm³/mol. The second kappa shape index (κ2) is 9.89. The Morgan fingerprint density at radius 3 is 2.40 bits per heavy atom. The molecule has 194 valence electrons. The Morgan fingerprint density at radius 2 is 1.89 bits per heavy atom. The molecule has 2 aliphatic rings. The van der Waals surface area contributed by atoms with Crippen LogP contribution < -0.4 is 10.9 Å². The van der Waals surface area contributed by atoms with Gasteiger partial charge < -0.3 is 39.5 Å². The maximum atomic E-state index is 13.4. The number of ether oxygens (including phenoxy) is 1. The summed E-state index contributed by atoms with van der Waals surface area (Å²) in [6, 6.07) is -0.169.